The van der Waals surface area contributed by atoms with Gasteiger partial charge in [0.2, 0.25) is 0 Å². The molecule has 0 radical (unpaired) electrons. The molecule has 0 aliphatic heterocycles. The van der Waals surface area contributed by atoms with Gasteiger partial charge in [-0.25, -0.2) is 4.39 Å². The van der Waals surface area contributed by atoms with Crippen LogP contribution in [0.4, 0.5) is 4.39 Å². The van der Waals surface area contributed by atoms with Crippen molar-refractivity contribution in [3.63, 3.8) is 0 Å². The number of hydrogen-bond acceptors (Lipinski definition) is 4. The number of aliphatic hydroxyl groups is 1. The summed E-state index contributed by atoms with van der Waals surface area (Å²) >= 11 is 0. The van der Waals surface area contributed by atoms with Gasteiger partial charge in [0.25, 0.3) is 5.91 Å². The molecule has 118 valence electrons. The number of carbonyl (C=O) groups excluding carboxylic acids is 1. The number of aryl methyl sites for hydroxylation is 1. The molecule has 1 unspecified atom stereocenters. The molecule has 1 aromatic carbocycles. The van der Waals surface area contributed by atoms with Gasteiger partial charge in [0.15, 0.2) is 18.2 Å². The number of nitrogens with one attached hydrogen (secondary N) is 1. The quantitative estimate of drug-likeness (QED) is 0.833. The molecular weight excluding hydrogens is 289 g/mol. The second-order valence-electron chi connectivity index (χ2n) is 5.17. The largest absolute Gasteiger partial charge is 0.481 e. The molecule has 0 aliphatic carbocycles. The molecule has 0 aliphatic rings. The fourth-order valence-electron chi connectivity index (χ4n) is 1.83. The topological polar surface area (TPSA) is 76.4 Å². The van der Waals surface area contributed by atoms with Crippen LogP contribution in [-0.4, -0.2) is 33.9 Å². The number of para-hydroxylation sites is 1. The number of halogens is 1. The van der Waals surface area contributed by atoms with E-state index < -0.39 is 17.3 Å². The zero-order valence-electron chi connectivity index (χ0n) is 12.4. The van der Waals surface area contributed by atoms with Crippen molar-refractivity contribution in [1.29, 1.82) is 0 Å². The molecule has 1 amide bonds. The van der Waals surface area contributed by atoms with Crippen molar-refractivity contribution >= 4 is 5.91 Å². The summed E-state index contributed by atoms with van der Waals surface area (Å²) in [5, 5.41) is 16.8. The number of ether oxygens (including phenoxy) is 1. The highest BCUT2D eigenvalue weighted by Crippen LogP contribution is 2.18. The van der Waals surface area contributed by atoms with Crippen molar-refractivity contribution in [2.24, 2.45) is 7.05 Å². The molecule has 0 saturated carbocycles. The second-order valence-corrected chi connectivity index (χ2v) is 5.17. The first-order valence-electron chi connectivity index (χ1n) is 6.74. The van der Waals surface area contributed by atoms with Gasteiger partial charge in [-0.15, -0.1) is 0 Å². The first-order chi connectivity index (χ1) is 10.4. The maximum absolute atomic E-state index is 13.3. The van der Waals surface area contributed by atoms with Crippen LogP contribution >= 0.6 is 0 Å². The minimum atomic E-state index is -1.25. The Kier molecular flexibility index (Phi) is 4.77. The molecule has 0 bridgehead atoms. The number of aromatic nitrogens is 2. The monoisotopic (exact) mass is 307 g/mol. The Hall–Kier alpha value is -2.41. The maximum Gasteiger partial charge on any atom is 0.258 e. The summed E-state index contributed by atoms with van der Waals surface area (Å²) in [5.74, 6) is -0.971. The molecule has 22 heavy (non-hydrogen) atoms. The summed E-state index contributed by atoms with van der Waals surface area (Å²) in [7, 11) is 1.74. The normalized spacial score (nSPS) is 13.5. The van der Waals surface area contributed by atoms with E-state index in [0.717, 1.165) is 0 Å². The van der Waals surface area contributed by atoms with Crippen molar-refractivity contribution < 1.29 is 19.0 Å². The molecule has 2 aromatic rings. The van der Waals surface area contributed by atoms with Crippen LogP contribution in [0, 0.1) is 5.82 Å². The van der Waals surface area contributed by atoms with Crippen LogP contribution in [0.1, 0.15) is 12.5 Å². The van der Waals surface area contributed by atoms with Gasteiger partial charge in [-0.2, -0.15) is 5.10 Å². The van der Waals surface area contributed by atoms with Crippen LogP contribution < -0.4 is 10.1 Å². The summed E-state index contributed by atoms with van der Waals surface area (Å²) in [6, 6.07) is 5.84. The summed E-state index contributed by atoms with van der Waals surface area (Å²) in [6.07, 6.45) is 3.20. The molecule has 1 heterocycles. The highest BCUT2D eigenvalue weighted by Gasteiger charge is 2.25. The zero-order chi connectivity index (χ0) is 16.2. The van der Waals surface area contributed by atoms with Gasteiger partial charge in [-0.1, -0.05) is 12.1 Å². The van der Waals surface area contributed by atoms with E-state index in [9.17, 15) is 14.3 Å². The Morgan fingerprint density at radius 1 is 1.50 bits per heavy atom. The van der Waals surface area contributed by atoms with E-state index >= 15 is 0 Å². The smallest absolute Gasteiger partial charge is 0.258 e. The van der Waals surface area contributed by atoms with Crippen LogP contribution in [-0.2, 0) is 17.4 Å². The summed E-state index contributed by atoms with van der Waals surface area (Å²) in [4.78, 5) is 11.7. The van der Waals surface area contributed by atoms with Gasteiger partial charge in [-0.3, -0.25) is 9.48 Å². The second kappa shape index (κ2) is 6.57. The number of amides is 1. The fraction of sp³-hybridized carbons (Fsp3) is 0.333. The van der Waals surface area contributed by atoms with Gasteiger partial charge >= 0.3 is 0 Å². The zero-order valence-corrected chi connectivity index (χ0v) is 12.4. The average molecular weight is 307 g/mol. The first-order valence-corrected chi connectivity index (χ1v) is 6.74. The Bertz CT molecular complexity index is 655. The van der Waals surface area contributed by atoms with E-state index in [0.29, 0.717) is 5.56 Å². The minimum absolute atomic E-state index is 0.00183. The number of rotatable bonds is 6. The lowest BCUT2D eigenvalue weighted by Crippen LogP contribution is -2.40. The lowest BCUT2D eigenvalue weighted by atomic mass is 10.00. The van der Waals surface area contributed by atoms with Crippen LogP contribution in [0.5, 0.6) is 5.75 Å². The van der Waals surface area contributed by atoms with Crippen LogP contribution in [0.3, 0.4) is 0 Å². The van der Waals surface area contributed by atoms with E-state index in [1.54, 1.807) is 30.9 Å². The third-order valence-corrected chi connectivity index (χ3v) is 3.15. The minimum Gasteiger partial charge on any atom is -0.481 e. The third kappa shape index (κ3) is 4.05. The van der Waals surface area contributed by atoms with Crippen molar-refractivity contribution in [3.8, 4) is 5.75 Å². The van der Waals surface area contributed by atoms with E-state index in [4.69, 9.17) is 4.74 Å². The Morgan fingerprint density at radius 3 is 2.86 bits per heavy atom. The highest BCUT2D eigenvalue weighted by atomic mass is 19.1. The van der Waals surface area contributed by atoms with Gasteiger partial charge < -0.3 is 15.2 Å². The van der Waals surface area contributed by atoms with E-state index in [1.807, 2.05) is 0 Å². The molecule has 6 nitrogen and oxygen atoms in total. The van der Waals surface area contributed by atoms with Gasteiger partial charge in [0.05, 0.1) is 12.7 Å². The molecule has 1 aromatic heterocycles. The number of benzene rings is 1. The van der Waals surface area contributed by atoms with Crippen LogP contribution in [0.25, 0.3) is 0 Å². The Morgan fingerprint density at radius 2 is 2.23 bits per heavy atom. The average Bonchev–Trinajstić information content (AvgIpc) is 2.92. The fourth-order valence-corrected chi connectivity index (χ4v) is 1.83. The summed E-state index contributed by atoms with van der Waals surface area (Å²) in [5.41, 5.74) is -0.660. The molecule has 0 fully saturated rings. The Balaban J connectivity index is 1.84. The maximum atomic E-state index is 13.3. The lowest BCUT2D eigenvalue weighted by molar-refractivity contribution is -0.124. The SMILES string of the molecule is Cn1cc(C(C)(O)CNC(=O)COc2ccccc2F)cn1. The van der Waals surface area contributed by atoms with Crippen molar-refractivity contribution in [2.75, 3.05) is 13.2 Å². The third-order valence-electron chi connectivity index (χ3n) is 3.15. The first kappa shape index (κ1) is 16.0. The predicted molar refractivity (Wildman–Crippen MR) is 77.7 cm³/mol. The molecule has 7 heteroatoms. The standard InChI is InChI=1S/C15H18FN3O3/c1-15(21,11-7-18-19(2)8-11)10-17-14(20)9-22-13-6-4-3-5-12(13)16/h3-8,21H,9-10H2,1-2H3,(H,17,20). The lowest BCUT2D eigenvalue weighted by Gasteiger charge is -2.22. The van der Waals surface area contributed by atoms with E-state index in [1.165, 1.54) is 24.4 Å². The Labute approximate surface area is 127 Å². The summed E-state index contributed by atoms with van der Waals surface area (Å²) in [6.45, 7) is 1.24. The molecular formula is C15H18FN3O3. The van der Waals surface area contributed by atoms with Crippen LogP contribution in [0.15, 0.2) is 36.7 Å². The molecule has 2 N–H and O–H groups in total. The number of carbonyl (C=O) groups is 1. The van der Waals surface area contributed by atoms with Crippen molar-refractivity contribution in [3.05, 3.63) is 48.0 Å². The van der Waals surface area contributed by atoms with Gasteiger partial charge in [0, 0.05) is 18.8 Å². The van der Waals surface area contributed by atoms with Crippen LogP contribution in [0.2, 0.25) is 0 Å². The molecule has 2 rings (SSSR count). The number of hydrogen-bond donors (Lipinski definition) is 2. The van der Waals surface area contributed by atoms with E-state index in [-0.39, 0.29) is 18.9 Å². The van der Waals surface area contributed by atoms with Crippen molar-refractivity contribution in [2.45, 2.75) is 12.5 Å². The van der Waals surface area contributed by atoms with Crippen molar-refractivity contribution in [1.82, 2.24) is 15.1 Å². The predicted octanol–water partition coefficient (Wildman–Crippen LogP) is 0.962. The summed E-state index contributed by atoms with van der Waals surface area (Å²) < 4.78 is 20.0. The van der Waals surface area contributed by atoms with E-state index in [2.05, 4.69) is 10.4 Å². The van der Waals surface area contributed by atoms with Gasteiger partial charge in [0.1, 0.15) is 5.60 Å². The number of nitrogens with zero attached hydrogens (tertiary/aromatic N) is 2. The molecule has 1 atom stereocenters. The molecule has 0 saturated heterocycles. The van der Waals surface area contributed by atoms with Gasteiger partial charge in [-0.05, 0) is 19.1 Å². The highest BCUT2D eigenvalue weighted by molar-refractivity contribution is 5.77. The molecule has 0 spiro atoms.